The van der Waals surface area contributed by atoms with E-state index in [1.54, 1.807) is 19.2 Å². The number of hydrogen-bond acceptors (Lipinski definition) is 6. The smallest absolute Gasteiger partial charge is 0.251 e. The summed E-state index contributed by atoms with van der Waals surface area (Å²) in [5.74, 6) is 0.414. The second kappa shape index (κ2) is 10.1. The van der Waals surface area contributed by atoms with E-state index in [9.17, 15) is 4.79 Å². The normalized spacial score (nSPS) is 15.0. The second-order valence-corrected chi connectivity index (χ2v) is 8.58. The number of piperidine rings is 1. The highest BCUT2D eigenvalue weighted by atomic mass is 35.5. The summed E-state index contributed by atoms with van der Waals surface area (Å²) in [6, 6.07) is 5.76. The van der Waals surface area contributed by atoms with Gasteiger partial charge in [0.25, 0.3) is 5.91 Å². The third-order valence-corrected chi connectivity index (χ3v) is 6.21. The van der Waals surface area contributed by atoms with Gasteiger partial charge in [0, 0.05) is 36.2 Å². The third kappa shape index (κ3) is 5.44. The van der Waals surface area contributed by atoms with Gasteiger partial charge in [-0.25, -0.2) is 9.97 Å². The van der Waals surface area contributed by atoms with Crippen molar-refractivity contribution in [1.29, 1.82) is 0 Å². The predicted molar refractivity (Wildman–Crippen MR) is 126 cm³/mol. The maximum Gasteiger partial charge on any atom is 0.251 e. The number of halogens is 1. The van der Waals surface area contributed by atoms with Crippen molar-refractivity contribution in [3.8, 4) is 0 Å². The molecule has 32 heavy (non-hydrogen) atoms. The summed E-state index contributed by atoms with van der Waals surface area (Å²) < 4.78 is 2.04. The molecule has 168 valence electrons. The maximum atomic E-state index is 11.9. The zero-order chi connectivity index (χ0) is 22.5. The highest BCUT2D eigenvalue weighted by Gasteiger charge is 2.19. The Morgan fingerprint density at radius 3 is 2.62 bits per heavy atom. The van der Waals surface area contributed by atoms with Crippen molar-refractivity contribution in [1.82, 2.24) is 30.0 Å². The van der Waals surface area contributed by atoms with Crippen LogP contribution in [0.3, 0.4) is 0 Å². The molecule has 1 amide bonds. The fourth-order valence-corrected chi connectivity index (χ4v) is 4.08. The van der Waals surface area contributed by atoms with Crippen molar-refractivity contribution >= 4 is 29.1 Å². The Hall–Kier alpha value is -2.97. The van der Waals surface area contributed by atoms with Crippen LogP contribution in [0.25, 0.3) is 0 Å². The largest absolute Gasteiger partial charge is 0.355 e. The lowest BCUT2D eigenvalue weighted by Gasteiger charge is -2.28. The van der Waals surface area contributed by atoms with Crippen LogP contribution in [-0.4, -0.2) is 57.7 Å². The summed E-state index contributed by atoms with van der Waals surface area (Å²) in [6.07, 6.45) is 11.1. The first-order chi connectivity index (χ1) is 15.5. The molecule has 3 aromatic rings. The summed E-state index contributed by atoms with van der Waals surface area (Å²) in [5.41, 5.74) is 3.41. The SMILES string of the molecule is CNC(=O)c1ccc(Cl)c(CCc2cnc(Nc3cnn(C4CCN(C)CC4)c3)nc2)c1. The molecule has 4 rings (SSSR count). The van der Waals surface area contributed by atoms with Crippen molar-refractivity contribution in [2.75, 3.05) is 32.5 Å². The molecular weight excluding hydrogens is 426 g/mol. The van der Waals surface area contributed by atoms with Gasteiger partial charge in [-0.1, -0.05) is 11.6 Å². The van der Waals surface area contributed by atoms with E-state index in [4.69, 9.17) is 11.6 Å². The molecule has 0 spiro atoms. The first-order valence-electron chi connectivity index (χ1n) is 10.8. The van der Waals surface area contributed by atoms with E-state index in [1.165, 1.54) is 0 Å². The zero-order valence-corrected chi connectivity index (χ0v) is 19.1. The van der Waals surface area contributed by atoms with Gasteiger partial charge >= 0.3 is 0 Å². The Kier molecular flexibility index (Phi) is 7.02. The lowest BCUT2D eigenvalue weighted by molar-refractivity contribution is 0.0963. The number of nitrogens with zero attached hydrogens (tertiary/aromatic N) is 5. The van der Waals surface area contributed by atoms with Crippen LogP contribution < -0.4 is 10.6 Å². The molecule has 3 heterocycles. The monoisotopic (exact) mass is 453 g/mol. The summed E-state index contributed by atoms with van der Waals surface area (Å²) >= 11 is 6.31. The minimum Gasteiger partial charge on any atom is -0.355 e. The number of aryl methyl sites for hydroxylation is 2. The molecule has 9 heteroatoms. The second-order valence-electron chi connectivity index (χ2n) is 8.17. The van der Waals surface area contributed by atoms with Crippen molar-refractivity contribution in [3.63, 3.8) is 0 Å². The molecule has 0 radical (unpaired) electrons. The Balaban J connectivity index is 1.34. The summed E-state index contributed by atoms with van der Waals surface area (Å²) in [5, 5.41) is 11.0. The molecule has 0 unspecified atom stereocenters. The van der Waals surface area contributed by atoms with Gasteiger partial charge in [0.2, 0.25) is 5.95 Å². The van der Waals surface area contributed by atoms with Gasteiger partial charge in [-0.2, -0.15) is 5.10 Å². The summed E-state index contributed by atoms with van der Waals surface area (Å²) in [6.45, 7) is 2.19. The third-order valence-electron chi connectivity index (χ3n) is 5.84. The lowest BCUT2D eigenvalue weighted by Crippen LogP contribution is -2.31. The fourth-order valence-electron chi connectivity index (χ4n) is 3.87. The number of likely N-dealkylation sites (tertiary alicyclic amines) is 1. The number of rotatable bonds is 7. The number of anilines is 2. The number of carbonyl (C=O) groups excluding carboxylic acids is 1. The minimum atomic E-state index is -0.124. The van der Waals surface area contributed by atoms with E-state index in [0.29, 0.717) is 29.0 Å². The molecular formula is C23H28ClN7O. The molecule has 0 atom stereocenters. The van der Waals surface area contributed by atoms with Gasteiger partial charge in [0.1, 0.15) is 0 Å². The maximum absolute atomic E-state index is 11.9. The zero-order valence-electron chi connectivity index (χ0n) is 18.4. The van der Waals surface area contributed by atoms with E-state index in [1.807, 2.05) is 35.5 Å². The van der Waals surface area contributed by atoms with E-state index >= 15 is 0 Å². The highest BCUT2D eigenvalue weighted by molar-refractivity contribution is 6.31. The van der Waals surface area contributed by atoms with Crippen LogP contribution in [0.15, 0.2) is 43.0 Å². The molecule has 1 saturated heterocycles. The van der Waals surface area contributed by atoms with Crippen molar-refractivity contribution in [2.24, 2.45) is 0 Å². The van der Waals surface area contributed by atoms with E-state index in [2.05, 4.69) is 37.6 Å². The lowest BCUT2D eigenvalue weighted by atomic mass is 10.0. The van der Waals surface area contributed by atoms with Crippen LogP contribution in [0.4, 0.5) is 11.6 Å². The molecule has 2 N–H and O–H groups in total. The Labute approximate surface area is 193 Å². The quantitative estimate of drug-likeness (QED) is 0.569. The number of hydrogen-bond donors (Lipinski definition) is 2. The van der Waals surface area contributed by atoms with Gasteiger partial charge in [0.05, 0.1) is 17.9 Å². The van der Waals surface area contributed by atoms with Gasteiger partial charge in [-0.3, -0.25) is 9.48 Å². The number of benzene rings is 1. The van der Waals surface area contributed by atoms with Crippen molar-refractivity contribution in [2.45, 2.75) is 31.7 Å². The Bertz CT molecular complexity index is 1060. The van der Waals surface area contributed by atoms with E-state index in [0.717, 1.165) is 49.2 Å². The topological polar surface area (TPSA) is 88.0 Å². The molecule has 0 bridgehead atoms. The molecule has 0 aliphatic carbocycles. The predicted octanol–water partition coefficient (Wildman–Crippen LogP) is 3.48. The van der Waals surface area contributed by atoms with Gasteiger partial charge in [0.15, 0.2) is 0 Å². The Morgan fingerprint density at radius 2 is 1.91 bits per heavy atom. The first kappa shape index (κ1) is 22.2. The van der Waals surface area contributed by atoms with E-state index < -0.39 is 0 Å². The van der Waals surface area contributed by atoms with E-state index in [-0.39, 0.29) is 5.91 Å². The molecule has 1 fully saturated rings. The van der Waals surface area contributed by atoms with Gasteiger partial charge in [-0.05, 0) is 75.1 Å². The average Bonchev–Trinajstić information content (AvgIpc) is 3.28. The molecule has 1 aliphatic heterocycles. The standard InChI is InChI=1S/C23H28ClN7O/c1-25-22(32)18-5-6-21(24)17(11-18)4-3-16-12-26-23(27-13-16)29-19-14-28-31(15-19)20-7-9-30(2)10-8-20/h5-6,11-15,20H,3-4,7-10H2,1-2H3,(H,25,32)(H,26,27,29). The van der Waals surface area contributed by atoms with Gasteiger partial charge < -0.3 is 15.5 Å². The van der Waals surface area contributed by atoms with Crippen LogP contribution in [-0.2, 0) is 12.8 Å². The molecule has 2 aromatic heterocycles. The number of carbonyl (C=O) groups is 1. The fraction of sp³-hybridized carbons (Fsp3) is 0.391. The van der Waals surface area contributed by atoms with Crippen LogP contribution >= 0.6 is 11.6 Å². The van der Waals surface area contributed by atoms with Crippen molar-refractivity contribution in [3.05, 3.63) is 64.7 Å². The average molecular weight is 454 g/mol. The summed E-state index contributed by atoms with van der Waals surface area (Å²) in [7, 11) is 3.77. The highest BCUT2D eigenvalue weighted by Crippen LogP contribution is 2.23. The van der Waals surface area contributed by atoms with Crippen LogP contribution in [0.1, 0.15) is 40.4 Å². The minimum absolute atomic E-state index is 0.124. The van der Waals surface area contributed by atoms with Crippen molar-refractivity contribution < 1.29 is 4.79 Å². The molecule has 8 nitrogen and oxygen atoms in total. The molecule has 1 aliphatic rings. The molecule has 1 aromatic carbocycles. The first-order valence-corrected chi connectivity index (χ1v) is 11.2. The molecule has 0 saturated carbocycles. The summed E-state index contributed by atoms with van der Waals surface area (Å²) in [4.78, 5) is 23.1. The number of aromatic nitrogens is 4. The van der Waals surface area contributed by atoms with Crippen LogP contribution in [0, 0.1) is 0 Å². The van der Waals surface area contributed by atoms with Gasteiger partial charge in [-0.15, -0.1) is 0 Å². The Morgan fingerprint density at radius 1 is 1.16 bits per heavy atom. The van der Waals surface area contributed by atoms with Crippen LogP contribution in [0.2, 0.25) is 5.02 Å². The van der Waals surface area contributed by atoms with Crippen LogP contribution in [0.5, 0.6) is 0 Å². The number of nitrogens with one attached hydrogen (secondary N) is 2. The number of amides is 1.